The number of hydrogen-bond donors (Lipinski definition) is 2. The number of nitrogens with two attached hydrogens (primary N) is 1. The number of rotatable bonds is 4. The van der Waals surface area contributed by atoms with Crippen molar-refractivity contribution in [3.8, 4) is 0 Å². The Labute approximate surface area is 80.8 Å². The molecular formula is C8H14F2N2O2. The van der Waals surface area contributed by atoms with Crippen LogP contribution in [0.1, 0.15) is 19.3 Å². The molecule has 0 spiro atoms. The van der Waals surface area contributed by atoms with Gasteiger partial charge in [-0.3, -0.25) is 10.1 Å². The molecule has 0 unspecified atom stereocenters. The molecule has 1 aliphatic carbocycles. The number of carbonyl (C=O) groups is 1. The first-order chi connectivity index (χ1) is 6.40. The van der Waals surface area contributed by atoms with Gasteiger partial charge in [0.05, 0.1) is 5.54 Å². The van der Waals surface area contributed by atoms with Gasteiger partial charge in [-0.05, 0) is 19.3 Å². The highest BCUT2D eigenvalue weighted by Gasteiger charge is 2.44. The predicted octanol–water partition coefficient (Wildman–Crippen LogP) is 0.223. The van der Waals surface area contributed by atoms with Gasteiger partial charge >= 0.3 is 6.05 Å². The van der Waals surface area contributed by atoms with Gasteiger partial charge in [0, 0.05) is 7.11 Å². The molecule has 0 aromatic heterocycles. The van der Waals surface area contributed by atoms with Crippen LogP contribution in [0.4, 0.5) is 8.78 Å². The summed E-state index contributed by atoms with van der Waals surface area (Å²) in [6, 6.07) is -3.34. The Bertz CT molecular complexity index is 229. The van der Waals surface area contributed by atoms with Crippen LogP contribution < -0.4 is 11.1 Å². The third kappa shape index (κ3) is 2.39. The van der Waals surface area contributed by atoms with Gasteiger partial charge in [0.15, 0.2) is 0 Å². The molecule has 0 aromatic carbocycles. The summed E-state index contributed by atoms with van der Waals surface area (Å²) in [6.45, 7) is -0.838. The van der Waals surface area contributed by atoms with E-state index in [1.165, 1.54) is 0 Å². The Kier molecular flexibility index (Phi) is 3.06. The summed E-state index contributed by atoms with van der Waals surface area (Å²) in [4.78, 5) is 11.3. The highest BCUT2D eigenvalue weighted by Crippen LogP contribution is 2.29. The summed E-state index contributed by atoms with van der Waals surface area (Å²) in [5.74, 6) is -0.800. The van der Waals surface area contributed by atoms with Gasteiger partial charge in [0.1, 0.15) is 6.61 Å². The molecule has 6 heteroatoms. The molecule has 1 rings (SSSR count). The molecule has 0 heterocycles. The molecule has 1 aliphatic rings. The first kappa shape index (κ1) is 11.3. The van der Waals surface area contributed by atoms with Gasteiger partial charge in [0.2, 0.25) is 5.91 Å². The SMILES string of the molecule is COCC(F)(F)NC(=O)C1(N)CCC1. The molecule has 0 saturated heterocycles. The van der Waals surface area contributed by atoms with Gasteiger partial charge in [-0.1, -0.05) is 0 Å². The van der Waals surface area contributed by atoms with Crippen LogP contribution in [0.15, 0.2) is 0 Å². The highest BCUT2D eigenvalue weighted by atomic mass is 19.3. The number of methoxy groups -OCH3 is 1. The smallest absolute Gasteiger partial charge is 0.348 e. The van der Waals surface area contributed by atoms with E-state index in [4.69, 9.17) is 5.73 Å². The van der Waals surface area contributed by atoms with E-state index in [0.717, 1.165) is 13.5 Å². The number of carbonyl (C=O) groups excluding carboxylic acids is 1. The highest BCUT2D eigenvalue weighted by molar-refractivity contribution is 5.87. The molecule has 3 N–H and O–H groups in total. The van der Waals surface area contributed by atoms with Crippen LogP contribution in [0, 0.1) is 0 Å². The molecule has 0 radical (unpaired) electrons. The van der Waals surface area contributed by atoms with E-state index in [1.807, 2.05) is 0 Å². The van der Waals surface area contributed by atoms with Crippen molar-refractivity contribution >= 4 is 5.91 Å². The Hall–Kier alpha value is -0.750. The minimum atomic E-state index is -3.34. The van der Waals surface area contributed by atoms with Crippen LogP contribution in [0.25, 0.3) is 0 Å². The monoisotopic (exact) mass is 208 g/mol. The van der Waals surface area contributed by atoms with Crippen molar-refractivity contribution in [1.82, 2.24) is 5.32 Å². The van der Waals surface area contributed by atoms with E-state index in [-0.39, 0.29) is 0 Å². The second kappa shape index (κ2) is 3.78. The second-order valence-corrected chi connectivity index (χ2v) is 3.60. The zero-order valence-corrected chi connectivity index (χ0v) is 7.98. The molecule has 4 nitrogen and oxygen atoms in total. The molecular weight excluding hydrogens is 194 g/mol. The van der Waals surface area contributed by atoms with Crippen molar-refractivity contribution in [3.63, 3.8) is 0 Å². The quantitative estimate of drug-likeness (QED) is 0.650. The van der Waals surface area contributed by atoms with Crippen LogP contribution in [-0.2, 0) is 9.53 Å². The fraction of sp³-hybridized carbons (Fsp3) is 0.875. The number of amides is 1. The van der Waals surface area contributed by atoms with Gasteiger partial charge in [-0.15, -0.1) is 0 Å². The molecule has 14 heavy (non-hydrogen) atoms. The van der Waals surface area contributed by atoms with Crippen molar-refractivity contribution in [2.75, 3.05) is 13.7 Å². The van der Waals surface area contributed by atoms with Crippen LogP contribution in [0.3, 0.4) is 0 Å². The maximum Gasteiger partial charge on any atom is 0.348 e. The van der Waals surface area contributed by atoms with Crippen LogP contribution in [0.5, 0.6) is 0 Å². The second-order valence-electron chi connectivity index (χ2n) is 3.60. The van der Waals surface area contributed by atoms with Gasteiger partial charge < -0.3 is 10.5 Å². The molecule has 0 atom stereocenters. The van der Waals surface area contributed by atoms with Crippen LogP contribution in [0.2, 0.25) is 0 Å². The maximum absolute atomic E-state index is 12.9. The number of nitrogens with one attached hydrogen (secondary N) is 1. The number of alkyl halides is 2. The topological polar surface area (TPSA) is 64.3 Å². The van der Waals surface area contributed by atoms with Gasteiger partial charge in [-0.2, -0.15) is 8.78 Å². The summed E-state index contributed by atoms with van der Waals surface area (Å²) in [6.07, 6.45) is 1.73. The zero-order chi connectivity index (χ0) is 10.8. The molecule has 0 bridgehead atoms. The molecule has 0 aliphatic heterocycles. The zero-order valence-electron chi connectivity index (χ0n) is 7.98. The van der Waals surface area contributed by atoms with E-state index in [1.54, 1.807) is 5.32 Å². The molecule has 1 saturated carbocycles. The number of ether oxygens (including phenoxy) is 1. The Morgan fingerprint density at radius 2 is 2.21 bits per heavy atom. The molecule has 1 fully saturated rings. The lowest BCUT2D eigenvalue weighted by Gasteiger charge is -2.37. The normalized spacial score (nSPS) is 20.0. The third-order valence-electron chi connectivity index (χ3n) is 2.32. The van der Waals surface area contributed by atoms with Gasteiger partial charge in [-0.25, -0.2) is 0 Å². The van der Waals surface area contributed by atoms with Crippen LogP contribution >= 0.6 is 0 Å². The summed E-state index contributed by atoms with van der Waals surface area (Å²) in [5.41, 5.74) is 4.46. The summed E-state index contributed by atoms with van der Waals surface area (Å²) in [5, 5.41) is 1.58. The van der Waals surface area contributed by atoms with Crippen molar-refractivity contribution in [2.45, 2.75) is 30.8 Å². The van der Waals surface area contributed by atoms with E-state index >= 15 is 0 Å². The molecule has 0 aromatic rings. The number of hydrogen-bond acceptors (Lipinski definition) is 3. The summed E-state index contributed by atoms with van der Waals surface area (Å²) < 4.78 is 30.0. The number of halogens is 2. The Morgan fingerprint density at radius 1 is 1.64 bits per heavy atom. The minimum absolute atomic E-state index is 0.460. The Balaban J connectivity index is 2.47. The van der Waals surface area contributed by atoms with E-state index in [9.17, 15) is 13.6 Å². The average Bonchev–Trinajstić information content (AvgIpc) is 1.98. The lowest BCUT2D eigenvalue weighted by atomic mass is 9.77. The maximum atomic E-state index is 12.9. The van der Waals surface area contributed by atoms with E-state index in [2.05, 4.69) is 4.74 Å². The van der Waals surface area contributed by atoms with Crippen LogP contribution in [-0.4, -0.2) is 31.2 Å². The molecule has 1 amide bonds. The summed E-state index contributed by atoms with van der Waals surface area (Å²) in [7, 11) is 1.14. The molecule has 82 valence electrons. The fourth-order valence-corrected chi connectivity index (χ4v) is 1.29. The van der Waals surface area contributed by atoms with Crippen molar-refractivity contribution in [3.05, 3.63) is 0 Å². The van der Waals surface area contributed by atoms with Crippen molar-refractivity contribution < 1.29 is 18.3 Å². The third-order valence-corrected chi connectivity index (χ3v) is 2.32. The predicted molar refractivity (Wildman–Crippen MR) is 45.7 cm³/mol. The largest absolute Gasteiger partial charge is 0.376 e. The average molecular weight is 208 g/mol. The van der Waals surface area contributed by atoms with E-state index in [0.29, 0.717) is 12.8 Å². The Morgan fingerprint density at radius 3 is 2.57 bits per heavy atom. The van der Waals surface area contributed by atoms with E-state index < -0.39 is 24.1 Å². The first-order valence-electron chi connectivity index (χ1n) is 4.38. The lowest BCUT2D eigenvalue weighted by molar-refractivity contribution is -0.147. The fourth-order valence-electron chi connectivity index (χ4n) is 1.29. The first-order valence-corrected chi connectivity index (χ1v) is 4.38. The minimum Gasteiger partial charge on any atom is -0.376 e. The van der Waals surface area contributed by atoms with Crippen molar-refractivity contribution in [2.24, 2.45) is 5.73 Å². The summed E-state index contributed by atoms with van der Waals surface area (Å²) >= 11 is 0. The lowest BCUT2D eigenvalue weighted by Crippen LogP contribution is -2.62. The van der Waals surface area contributed by atoms with Crippen molar-refractivity contribution in [1.29, 1.82) is 0 Å². The van der Waals surface area contributed by atoms with Gasteiger partial charge in [0.25, 0.3) is 0 Å². The standard InChI is InChI=1S/C8H14F2N2O2/c1-14-5-8(9,10)12-6(13)7(11)3-2-4-7/h2-5,11H2,1H3,(H,12,13).